The Morgan fingerprint density at radius 2 is 1.95 bits per heavy atom. The van der Waals surface area contributed by atoms with Crippen molar-refractivity contribution < 1.29 is 14.4 Å². The second-order valence-corrected chi connectivity index (χ2v) is 4.81. The molecule has 1 aliphatic rings. The van der Waals surface area contributed by atoms with Crippen LogP contribution in [0.2, 0.25) is 0 Å². The predicted molar refractivity (Wildman–Crippen MR) is 70.5 cm³/mol. The first-order chi connectivity index (χ1) is 9.06. The van der Waals surface area contributed by atoms with E-state index in [4.69, 9.17) is 15.2 Å². The Morgan fingerprint density at radius 3 is 2.42 bits per heavy atom. The summed E-state index contributed by atoms with van der Waals surface area (Å²) in [5.41, 5.74) is 6.59. The van der Waals surface area contributed by atoms with Crippen LogP contribution in [0.25, 0.3) is 0 Å². The SMILES string of the molecule is COc1cc([C@@H](N)CC2CC2)c([N+](=O)[O-])cc1OC. The summed E-state index contributed by atoms with van der Waals surface area (Å²) in [6, 6.07) is 2.65. The van der Waals surface area contributed by atoms with Gasteiger partial charge in [-0.05, 0) is 18.4 Å². The monoisotopic (exact) mass is 266 g/mol. The van der Waals surface area contributed by atoms with Crippen LogP contribution in [0.15, 0.2) is 12.1 Å². The average Bonchev–Trinajstić information content (AvgIpc) is 3.20. The van der Waals surface area contributed by atoms with Gasteiger partial charge in [-0.2, -0.15) is 0 Å². The van der Waals surface area contributed by atoms with E-state index >= 15 is 0 Å². The van der Waals surface area contributed by atoms with Crippen molar-refractivity contribution >= 4 is 5.69 Å². The smallest absolute Gasteiger partial charge is 0.278 e. The molecule has 1 atom stereocenters. The van der Waals surface area contributed by atoms with E-state index in [0.29, 0.717) is 23.0 Å². The fourth-order valence-electron chi connectivity index (χ4n) is 2.18. The molecule has 104 valence electrons. The average molecular weight is 266 g/mol. The lowest BCUT2D eigenvalue weighted by Gasteiger charge is -2.15. The Morgan fingerprint density at radius 1 is 1.37 bits per heavy atom. The molecule has 0 aromatic heterocycles. The van der Waals surface area contributed by atoms with Crippen LogP contribution >= 0.6 is 0 Å². The summed E-state index contributed by atoms with van der Waals surface area (Å²) in [5, 5.41) is 11.1. The molecule has 19 heavy (non-hydrogen) atoms. The minimum absolute atomic E-state index is 0.00852. The molecule has 1 aromatic carbocycles. The third-order valence-corrected chi connectivity index (χ3v) is 3.41. The quantitative estimate of drug-likeness (QED) is 0.631. The molecule has 0 aliphatic heterocycles. The van der Waals surface area contributed by atoms with Gasteiger partial charge in [0.1, 0.15) is 0 Å². The molecule has 1 aromatic rings. The van der Waals surface area contributed by atoms with Crippen LogP contribution < -0.4 is 15.2 Å². The number of hydrogen-bond acceptors (Lipinski definition) is 5. The zero-order valence-corrected chi connectivity index (χ0v) is 11.1. The van der Waals surface area contributed by atoms with Gasteiger partial charge < -0.3 is 15.2 Å². The zero-order chi connectivity index (χ0) is 14.0. The van der Waals surface area contributed by atoms with Gasteiger partial charge in [0.2, 0.25) is 0 Å². The zero-order valence-electron chi connectivity index (χ0n) is 11.1. The minimum Gasteiger partial charge on any atom is -0.493 e. The van der Waals surface area contributed by atoms with Gasteiger partial charge >= 0.3 is 0 Å². The number of nitro benzene ring substituents is 1. The molecule has 2 rings (SSSR count). The van der Waals surface area contributed by atoms with E-state index in [1.54, 1.807) is 6.07 Å². The summed E-state index contributed by atoms with van der Waals surface area (Å²) < 4.78 is 10.3. The highest BCUT2D eigenvalue weighted by molar-refractivity contribution is 5.55. The van der Waals surface area contributed by atoms with Crippen LogP contribution in [0.1, 0.15) is 30.9 Å². The first-order valence-corrected chi connectivity index (χ1v) is 6.22. The lowest BCUT2D eigenvalue weighted by molar-refractivity contribution is -0.385. The van der Waals surface area contributed by atoms with Crippen LogP contribution in [-0.2, 0) is 0 Å². The number of rotatable bonds is 6. The number of nitrogens with zero attached hydrogens (tertiary/aromatic N) is 1. The van der Waals surface area contributed by atoms with E-state index in [2.05, 4.69) is 0 Å². The maximum absolute atomic E-state index is 11.1. The molecule has 2 N–H and O–H groups in total. The van der Waals surface area contributed by atoms with E-state index in [1.165, 1.54) is 20.3 Å². The van der Waals surface area contributed by atoms with Gasteiger partial charge in [0.15, 0.2) is 11.5 Å². The highest BCUT2D eigenvalue weighted by Gasteiger charge is 2.29. The lowest BCUT2D eigenvalue weighted by atomic mass is 9.99. The van der Waals surface area contributed by atoms with Crippen LogP contribution in [0.4, 0.5) is 5.69 Å². The molecule has 1 aliphatic carbocycles. The maximum atomic E-state index is 11.1. The van der Waals surface area contributed by atoms with Crippen molar-refractivity contribution in [3.8, 4) is 11.5 Å². The predicted octanol–water partition coefficient (Wildman–Crippen LogP) is 2.41. The molecule has 0 saturated heterocycles. The third-order valence-electron chi connectivity index (χ3n) is 3.41. The number of benzene rings is 1. The minimum atomic E-state index is -0.427. The molecule has 0 heterocycles. The van der Waals surface area contributed by atoms with Gasteiger partial charge in [-0.3, -0.25) is 10.1 Å². The van der Waals surface area contributed by atoms with Crippen LogP contribution in [0, 0.1) is 16.0 Å². The van der Waals surface area contributed by atoms with Crippen molar-refractivity contribution in [1.29, 1.82) is 0 Å². The summed E-state index contributed by atoms with van der Waals surface area (Å²) in [5.74, 6) is 1.41. The van der Waals surface area contributed by atoms with Crippen molar-refractivity contribution in [1.82, 2.24) is 0 Å². The van der Waals surface area contributed by atoms with Gasteiger partial charge in [-0.1, -0.05) is 12.8 Å². The Kier molecular flexibility index (Phi) is 3.90. The van der Waals surface area contributed by atoms with Crippen molar-refractivity contribution in [2.45, 2.75) is 25.3 Å². The molecular weight excluding hydrogens is 248 g/mol. The number of hydrogen-bond donors (Lipinski definition) is 1. The first kappa shape index (κ1) is 13.6. The lowest BCUT2D eigenvalue weighted by Crippen LogP contribution is -2.13. The number of ether oxygens (including phenoxy) is 2. The van der Waals surface area contributed by atoms with Crippen molar-refractivity contribution in [3.63, 3.8) is 0 Å². The third kappa shape index (κ3) is 2.96. The second kappa shape index (κ2) is 5.44. The first-order valence-electron chi connectivity index (χ1n) is 6.22. The maximum Gasteiger partial charge on any atom is 0.278 e. The van der Waals surface area contributed by atoms with E-state index < -0.39 is 4.92 Å². The molecule has 6 heteroatoms. The second-order valence-electron chi connectivity index (χ2n) is 4.81. The summed E-state index contributed by atoms with van der Waals surface area (Å²) in [7, 11) is 2.95. The summed E-state index contributed by atoms with van der Waals surface area (Å²) in [4.78, 5) is 10.7. The Hall–Kier alpha value is -1.82. The summed E-state index contributed by atoms with van der Waals surface area (Å²) >= 11 is 0. The van der Waals surface area contributed by atoms with Gasteiger partial charge in [0.25, 0.3) is 5.69 Å². The van der Waals surface area contributed by atoms with Crippen molar-refractivity contribution in [3.05, 3.63) is 27.8 Å². The molecular formula is C13H18N2O4. The standard InChI is InChI=1S/C13H18N2O4/c1-18-12-6-9(10(14)5-8-3-4-8)11(15(16)17)7-13(12)19-2/h6-8,10H,3-5,14H2,1-2H3/t10-/m0/s1. The summed E-state index contributed by atoms with van der Waals surface area (Å²) in [6.45, 7) is 0. The molecule has 1 saturated carbocycles. The number of nitro groups is 1. The van der Waals surface area contributed by atoms with E-state index in [9.17, 15) is 10.1 Å². The van der Waals surface area contributed by atoms with Crippen molar-refractivity contribution in [2.75, 3.05) is 14.2 Å². The topological polar surface area (TPSA) is 87.6 Å². The highest BCUT2D eigenvalue weighted by Crippen LogP contribution is 2.41. The summed E-state index contributed by atoms with van der Waals surface area (Å²) in [6.07, 6.45) is 3.10. The largest absolute Gasteiger partial charge is 0.493 e. The van der Waals surface area contributed by atoms with E-state index in [-0.39, 0.29) is 11.7 Å². The molecule has 6 nitrogen and oxygen atoms in total. The van der Waals surface area contributed by atoms with Gasteiger partial charge in [0.05, 0.1) is 30.8 Å². The Bertz CT molecular complexity index is 486. The molecule has 0 spiro atoms. The molecule has 0 radical (unpaired) electrons. The molecule has 0 bridgehead atoms. The molecule has 0 amide bonds. The van der Waals surface area contributed by atoms with Gasteiger partial charge in [-0.25, -0.2) is 0 Å². The van der Waals surface area contributed by atoms with Gasteiger partial charge in [0, 0.05) is 6.04 Å². The number of nitrogens with two attached hydrogens (primary N) is 1. The van der Waals surface area contributed by atoms with Gasteiger partial charge in [-0.15, -0.1) is 0 Å². The van der Waals surface area contributed by atoms with E-state index in [0.717, 1.165) is 19.3 Å². The Balaban J connectivity index is 2.40. The Labute approximate surface area is 111 Å². The van der Waals surface area contributed by atoms with Crippen LogP contribution in [-0.4, -0.2) is 19.1 Å². The molecule has 0 unspecified atom stereocenters. The van der Waals surface area contributed by atoms with Crippen LogP contribution in [0.3, 0.4) is 0 Å². The number of methoxy groups -OCH3 is 2. The van der Waals surface area contributed by atoms with Crippen molar-refractivity contribution in [2.24, 2.45) is 11.7 Å². The van der Waals surface area contributed by atoms with Crippen LogP contribution in [0.5, 0.6) is 11.5 Å². The fraction of sp³-hybridized carbons (Fsp3) is 0.538. The highest BCUT2D eigenvalue weighted by atomic mass is 16.6. The fourth-order valence-corrected chi connectivity index (χ4v) is 2.18. The normalized spacial score (nSPS) is 15.9. The molecule has 1 fully saturated rings. The van der Waals surface area contributed by atoms with E-state index in [1.807, 2.05) is 0 Å².